The van der Waals surface area contributed by atoms with Crippen LogP contribution in [0.2, 0.25) is 0 Å². The van der Waals surface area contributed by atoms with Gasteiger partial charge in [0.05, 0.1) is 11.0 Å². The normalized spacial score (nSPS) is 13.7. The number of aryl methyl sites for hydroxylation is 2. The Morgan fingerprint density at radius 1 is 0.900 bits per heavy atom. The second kappa shape index (κ2) is 6.70. The third-order valence-corrected chi connectivity index (χ3v) is 5.99. The first-order chi connectivity index (χ1) is 14.8. The lowest BCUT2D eigenvalue weighted by Gasteiger charge is -2.31. The molecule has 1 aliphatic heterocycles. The van der Waals surface area contributed by atoms with E-state index in [4.69, 9.17) is 9.97 Å². The summed E-state index contributed by atoms with van der Waals surface area (Å²) in [5, 5.41) is 1.18. The maximum absolute atomic E-state index is 5.16. The Balaban J connectivity index is 1.62. The Kier molecular flexibility index (Phi) is 3.85. The fourth-order valence-corrected chi connectivity index (χ4v) is 4.49. The highest BCUT2D eigenvalue weighted by Gasteiger charge is 2.23. The minimum atomic E-state index is 0.929. The molecule has 0 saturated carbocycles. The van der Waals surface area contributed by atoms with E-state index >= 15 is 0 Å². The highest BCUT2D eigenvalue weighted by Crippen LogP contribution is 2.38. The Morgan fingerprint density at radius 2 is 1.83 bits per heavy atom. The Morgan fingerprint density at radius 3 is 2.80 bits per heavy atom. The van der Waals surface area contributed by atoms with Crippen LogP contribution in [0.15, 0.2) is 72.9 Å². The highest BCUT2D eigenvalue weighted by molar-refractivity contribution is 5.90. The van der Waals surface area contributed by atoms with E-state index in [1.807, 2.05) is 6.20 Å². The molecular formula is C26H22N4. The zero-order chi connectivity index (χ0) is 20.1. The summed E-state index contributed by atoms with van der Waals surface area (Å²) >= 11 is 0. The summed E-state index contributed by atoms with van der Waals surface area (Å²) in [5.74, 6) is 0.940. The predicted octanol–water partition coefficient (Wildman–Crippen LogP) is 6.17. The standard InChI is InChI=1S/C26H22N4/c1-17-8-10-22-23(15-17)29-26(30-14-4-6-18-5-2-3-7-24(18)30)25(28-22)20-9-11-21-19(16-20)12-13-27-21/h2-3,5,7-13,15-16,27H,4,6,14H2,1H3. The molecule has 0 saturated heterocycles. The molecule has 30 heavy (non-hydrogen) atoms. The molecule has 6 rings (SSSR count). The first-order valence-corrected chi connectivity index (χ1v) is 10.5. The van der Waals surface area contributed by atoms with Crippen molar-refractivity contribution in [2.24, 2.45) is 0 Å². The van der Waals surface area contributed by atoms with E-state index in [-0.39, 0.29) is 0 Å². The maximum atomic E-state index is 5.16. The quantitative estimate of drug-likeness (QED) is 0.392. The van der Waals surface area contributed by atoms with Crippen molar-refractivity contribution in [3.05, 3.63) is 84.1 Å². The number of benzene rings is 3. The number of nitrogens with one attached hydrogen (secondary N) is 1. The number of aromatic amines is 1. The summed E-state index contributed by atoms with van der Waals surface area (Å²) in [4.78, 5) is 15.9. The van der Waals surface area contributed by atoms with E-state index < -0.39 is 0 Å². The summed E-state index contributed by atoms with van der Waals surface area (Å²) < 4.78 is 0. The van der Waals surface area contributed by atoms with Crippen molar-refractivity contribution < 1.29 is 0 Å². The van der Waals surface area contributed by atoms with E-state index in [9.17, 15) is 0 Å². The molecule has 1 N–H and O–H groups in total. The van der Waals surface area contributed by atoms with Gasteiger partial charge in [-0.3, -0.25) is 0 Å². The maximum Gasteiger partial charge on any atom is 0.160 e. The van der Waals surface area contributed by atoms with E-state index in [1.165, 1.54) is 22.2 Å². The zero-order valence-corrected chi connectivity index (χ0v) is 16.9. The van der Waals surface area contributed by atoms with Crippen LogP contribution < -0.4 is 4.90 Å². The van der Waals surface area contributed by atoms with Gasteiger partial charge in [0.25, 0.3) is 0 Å². The van der Waals surface area contributed by atoms with Gasteiger partial charge >= 0.3 is 0 Å². The summed E-state index contributed by atoms with van der Waals surface area (Å²) in [6.07, 6.45) is 4.20. The first-order valence-electron chi connectivity index (χ1n) is 10.5. The summed E-state index contributed by atoms with van der Waals surface area (Å²) in [6.45, 7) is 3.05. The Bertz CT molecular complexity index is 1400. The zero-order valence-electron chi connectivity index (χ0n) is 16.9. The lowest BCUT2D eigenvalue weighted by Crippen LogP contribution is -2.26. The molecule has 146 valence electrons. The molecule has 0 aliphatic carbocycles. The van der Waals surface area contributed by atoms with Crippen LogP contribution >= 0.6 is 0 Å². The number of H-pyrrole nitrogens is 1. The van der Waals surface area contributed by atoms with Crippen LogP contribution in [0.25, 0.3) is 33.2 Å². The van der Waals surface area contributed by atoms with Crippen LogP contribution in [0.3, 0.4) is 0 Å². The van der Waals surface area contributed by atoms with E-state index in [0.29, 0.717) is 0 Å². The molecule has 4 heteroatoms. The minimum absolute atomic E-state index is 0.929. The van der Waals surface area contributed by atoms with Crippen molar-refractivity contribution in [1.82, 2.24) is 15.0 Å². The molecule has 0 radical (unpaired) electrons. The molecule has 3 aromatic carbocycles. The average molecular weight is 390 g/mol. The van der Waals surface area contributed by atoms with Crippen molar-refractivity contribution in [3.8, 4) is 11.3 Å². The van der Waals surface area contributed by atoms with Gasteiger partial charge in [-0.2, -0.15) is 0 Å². The van der Waals surface area contributed by atoms with Crippen LogP contribution in [0.1, 0.15) is 17.5 Å². The largest absolute Gasteiger partial charge is 0.361 e. The summed E-state index contributed by atoms with van der Waals surface area (Å²) in [6, 6.07) is 23.5. The monoisotopic (exact) mass is 390 g/mol. The molecule has 0 atom stereocenters. The number of nitrogens with zero attached hydrogens (tertiary/aromatic N) is 3. The average Bonchev–Trinajstić information content (AvgIpc) is 3.26. The van der Waals surface area contributed by atoms with E-state index in [0.717, 1.165) is 53.0 Å². The van der Waals surface area contributed by atoms with Gasteiger partial charge in [0.2, 0.25) is 0 Å². The molecule has 0 unspecified atom stereocenters. The smallest absolute Gasteiger partial charge is 0.160 e. The van der Waals surface area contributed by atoms with Gasteiger partial charge in [-0.25, -0.2) is 9.97 Å². The van der Waals surface area contributed by atoms with Gasteiger partial charge in [0, 0.05) is 34.9 Å². The van der Waals surface area contributed by atoms with Crippen LogP contribution in [0.5, 0.6) is 0 Å². The SMILES string of the molecule is Cc1ccc2nc(-c3ccc4[nH]ccc4c3)c(N3CCCc4ccccc43)nc2c1. The van der Waals surface area contributed by atoms with Crippen LogP contribution in [0, 0.1) is 6.92 Å². The number of para-hydroxylation sites is 1. The molecule has 1 aliphatic rings. The first kappa shape index (κ1) is 17.2. The fraction of sp³-hybridized carbons (Fsp3) is 0.154. The topological polar surface area (TPSA) is 44.8 Å². The number of aromatic nitrogens is 3. The minimum Gasteiger partial charge on any atom is -0.361 e. The van der Waals surface area contributed by atoms with Gasteiger partial charge in [-0.05, 0) is 67.3 Å². The second-order valence-electron chi connectivity index (χ2n) is 8.05. The van der Waals surface area contributed by atoms with E-state index in [1.54, 1.807) is 0 Å². The van der Waals surface area contributed by atoms with Gasteiger partial charge in [-0.1, -0.05) is 30.3 Å². The number of hydrogen-bond acceptors (Lipinski definition) is 3. The highest BCUT2D eigenvalue weighted by atomic mass is 15.2. The molecule has 0 fully saturated rings. The summed E-state index contributed by atoms with van der Waals surface area (Å²) in [5.41, 5.74) is 8.85. The molecule has 4 nitrogen and oxygen atoms in total. The van der Waals surface area contributed by atoms with Crippen molar-refractivity contribution in [1.29, 1.82) is 0 Å². The molecule has 0 spiro atoms. The molecule has 2 aromatic heterocycles. The van der Waals surface area contributed by atoms with Gasteiger partial charge in [0.15, 0.2) is 5.82 Å². The van der Waals surface area contributed by atoms with Crippen molar-refractivity contribution >= 4 is 33.4 Å². The third-order valence-electron chi connectivity index (χ3n) is 5.99. The Labute approximate surface area is 175 Å². The fourth-order valence-electron chi connectivity index (χ4n) is 4.49. The molecule has 0 amide bonds. The Hall–Kier alpha value is -3.66. The molecule has 5 aromatic rings. The number of anilines is 2. The third kappa shape index (κ3) is 2.76. The van der Waals surface area contributed by atoms with Gasteiger partial charge in [0.1, 0.15) is 5.69 Å². The number of rotatable bonds is 2. The van der Waals surface area contributed by atoms with Crippen molar-refractivity contribution in [2.75, 3.05) is 11.4 Å². The van der Waals surface area contributed by atoms with Gasteiger partial charge in [-0.15, -0.1) is 0 Å². The van der Waals surface area contributed by atoms with Crippen LogP contribution in [-0.4, -0.2) is 21.5 Å². The van der Waals surface area contributed by atoms with Crippen LogP contribution in [-0.2, 0) is 6.42 Å². The van der Waals surface area contributed by atoms with Crippen LogP contribution in [0.4, 0.5) is 11.5 Å². The second-order valence-corrected chi connectivity index (χ2v) is 8.05. The van der Waals surface area contributed by atoms with E-state index in [2.05, 4.69) is 83.5 Å². The van der Waals surface area contributed by atoms with Crippen molar-refractivity contribution in [2.45, 2.75) is 19.8 Å². The molecular weight excluding hydrogens is 368 g/mol. The number of hydrogen-bond donors (Lipinski definition) is 1. The number of fused-ring (bicyclic) bond motifs is 3. The molecule has 0 bridgehead atoms. The van der Waals surface area contributed by atoms with Gasteiger partial charge < -0.3 is 9.88 Å². The van der Waals surface area contributed by atoms with Crippen molar-refractivity contribution in [3.63, 3.8) is 0 Å². The predicted molar refractivity (Wildman–Crippen MR) is 123 cm³/mol. The molecule has 3 heterocycles. The lowest BCUT2D eigenvalue weighted by atomic mass is 10.0. The lowest BCUT2D eigenvalue weighted by molar-refractivity contribution is 0.760. The summed E-state index contributed by atoms with van der Waals surface area (Å²) in [7, 11) is 0.